The van der Waals surface area contributed by atoms with Gasteiger partial charge in [-0.15, -0.1) is 11.3 Å². The van der Waals surface area contributed by atoms with Gasteiger partial charge in [0.15, 0.2) is 0 Å². The zero-order chi connectivity index (χ0) is 20.2. The molecule has 1 aliphatic heterocycles. The third-order valence-electron chi connectivity index (χ3n) is 5.28. The number of halogens is 1. The molecule has 0 unspecified atom stereocenters. The predicted molar refractivity (Wildman–Crippen MR) is 119 cm³/mol. The van der Waals surface area contributed by atoms with E-state index in [1.165, 1.54) is 15.3 Å². The molecule has 5 nitrogen and oxygen atoms in total. The van der Waals surface area contributed by atoms with Gasteiger partial charge < -0.3 is 5.32 Å². The van der Waals surface area contributed by atoms with Crippen molar-refractivity contribution >= 4 is 59.7 Å². The summed E-state index contributed by atoms with van der Waals surface area (Å²) < 4.78 is 30.0. The molecule has 0 saturated heterocycles. The molecule has 0 aliphatic carbocycles. The summed E-state index contributed by atoms with van der Waals surface area (Å²) in [6.45, 7) is 3.48. The Morgan fingerprint density at radius 2 is 2.14 bits per heavy atom. The van der Waals surface area contributed by atoms with Crippen LogP contribution in [0, 0.1) is 6.92 Å². The molecule has 4 heterocycles. The minimum Gasteiger partial charge on any atom is -0.313 e. The van der Waals surface area contributed by atoms with Crippen LogP contribution in [0.5, 0.6) is 0 Å². The molecule has 1 aliphatic rings. The first-order valence-electron chi connectivity index (χ1n) is 9.27. The van der Waals surface area contributed by atoms with E-state index in [4.69, 9.17) is 11.6 Å². The van der Waals surface area contributed by atoms with Crippen molar-refractivity contribution in [2.75, 3.05) is 13.1 Å². The van der Waals surface area contributed by atoms with E-state index in [-0.39, 0.29) is 0 Å². The summed E-state index contributed by atoms with van der Waals surface area (Å²) in [5, 5.41) is 4.76. The molecule has 1 N–H and O–H groups in total. The lowest BCUT2D eigenvalue weighted by Gasteiger charge is -2.12. The van der Waals surface area contributed by atoms with Crippen molar-refractivity contribution in [2.45, 2.75) is 17.6 Å². The molecule has 0 amide bonds. The monoisotopic (exact) mass is 443 g/mol. The molecule has 0 spiro atoms. The molecule has 1 aromatic carbocycles. The summed E-state index contributed by atoms with van der Waals surface area (Å²) in [6.07, 6.45) is 6.38. The van der Waals surface area contributed by atoms with Crippen molar-refractivity contribution in [3.05, 3.63) is 65.0 Å². The van der Waals surface area contributed by atoms with E-state index < -0.39 is 10.0 Å². The van der Waals surface area contributed by atoms with Gasteiger partial charge in [0.05, 0.1) is 11.0 Å². The van der Waals surface area contributed by atoms with Crippen LogP contribution in [-0.4, -0.2) is 30.5 Å². The zero-order valence-corrected chi connectivity index (χ0v) is 18.0. The number of aromatic nitrogens is 2. The van der Waals surface area contributed by atoms with E-state index in [1.54, 1.807) is 24.5 Å². The number of thiophene rings is 1. The second kappa shape index (κ2) is 6.95. The Hall–Kier alpha value is -2.19. The van der Waals surface area contributed by atoms with E-state index in [0.717, 1.165) is 46.3 Å². The fourth-order valence-electron chi connectivity index (χ4n) is 3.84. The molecule has 0 fully saturated rings. The molecule has 8 heteroatoms. The molecule has 0 saturated carbocycles. The maximum Gasteiger partial charge on any atom is 0.278 e. The van der Waals surface area contributed by atoms with Gasteiger partial charge in [0, 0.05) is 34.2 Å². The molecule has 4 aromatic rings. The second-order valence-electron chi connectivity index (χ2n) is 7.05. The van der Waals surface area contributed by atoms with Crippen LogP contribution in [0.25, 0.3) is 26.7 Å². The Balaban J connectivity index is 1.75. The standard InChI is InChI=1S/C21H18ClN3O2S2/c1-13-16-11-15(22)4-5-19(16)28-21(13)29(26,27)25-12-17(14-6-9-23-10-7-14)20-18(25)3-2-8-24-20/h2-6,8,11-12,23H,7,9-10H2,1H3. The summed E-state index contributed by atoms with van der Waals surface area (Å²) in [5.41, 5.74) is 4.04. The van der Waals surface area contributed by atoms with Gasteiger partial charge in [-0.3, -0.25) is 4.98 Å². The lowest BCUT2D eigenvalue weighted by atomic mass is 10.0. The molecule has 0 bridgehead atoms. The van der Waals surface area contributed by atoms with Gasteiger partial charge in [-0.2, -0.15) is 8.42 Å². The molecule has 148 valence electrons. The molecular formula is C21H18ClN3O2S2. The number of fused-ring (bicyclic) bond motifs is 2. The lowest BCUT2D eigenvalue weighted by molar-refractivity contribution is 0.590. The SMILES string of the molecule is Cc1c(S(=O)(=O)n2cc(C3=CCNCC3)c3ncccc32)sc2ccc(Cl)cc12. The Bertz CT molecular complexity index is 1400. The van der Waals surface area contributed by atoms with Crippen LogP contribution < -0.4 is 5.32 Å². The van der Waals surface area contributed by atoms with E-state index in [0.29, 0.717) is 20.3 Å². The zero-order valence-electron chi connectivity index (χ0n) is 15.6. The Morgan fingerprint density at radius 3 is 2.93 bits per heavy atom. The molecular weight excluding hydrogens is 426 g/mol. The van der Waals surface area contributed by atoms with Crippen molar-refractivity contribution in [2.24, 2.45) is 0 Å². The molecule has 29 heavy (non-hydrogen) atoms. The average Bonchev–Trinajstić information content (AvgIpc) is 3.28. The summed E-state index contributed by atoms with van der Waals surface area (Å²) >= 11 is 7.40. The normalized spacial score (nSPS) is 15.2. The number of hydrogen-bond donors (Lipinski definition) is 1. The van der Waals surface area contributed by atoms with Crippen molar-refractivity contribution in [3.63, 3.8) is 0 Å². The van der Waals surface area contributed by atoms with E-state index in [1.807, 2.05) is 25.1 Å². The largest absolute Gasteiger partial charge is 0.313 e. The number of pyridine rings is 1. The summed E-state index contributed by atoms with van der Waals surface area (Å²) in [6, 6.07) is 9.06. The number of benzene rings is 1. The Kier molecular flexibility index (Phi) is 4.51. The van der Waals surface area contributed by atoms with Gasteiger partial charge in [-0.1, -0.05) is 17.7 Å². The van der Waals surface area contributed by atoms with Gasteiger partial charge in [0.25, 0.3) is 10.0 Å². The van der Waals surface area contributed by atoms with Gasteiger partial charge in [0.1, 0.15) is 4.21 Å². The average molecular weight is 444 g/mol. The molecule has 3 aromatic heterocycles. The quantitative estimate of drug-likeness (QED) is 0.492. The smallest absolute Gasteiger partial charge is 0.278 e. The maximum atomic E-state index is 13.7. The minimum atomic E-state index is -3.78. The third-order valence-corrected chi connectivity index (χ3v) is 9.06. The predicted octanol–water partition coefficient (Wildman–Crippen LogP) is 4.83. The van der Waals surface area contributed by atoms with Gasteiger partial charge >= 0.3 is 0 Å². The highest BCUT2D eigenvalue weighted by molar-refractivity contribution is 7.92. The molecule has 0 atom stereocenters. The van der Waals surface area contributed by atoms with E-state index in [9.17, 15) is 8.42 Å². The van der Waals surface area contributed by atoms with Crippen LogP contribution >= 0.6 is 22.9 Å². The van der Waals surface area contributed by atoms with Crippen molar-refractivity contribution < 1.29 is 8.42 Å². The third kappa shape index (κ3) is 3.00. The molecule has 5 rings (SSSR count). The number of aryl methyl sites for hydroxylation is 1. The van der Waals surface area contributed by atoms with Crippen molar-refractivity contribution in [1.82, 2.24) is 14.3 Å². The van der Waals surface area contributed by atoms with Crippen LogP contribution in [0.3, 0.4) is 0 Å². The van der Waals surface area contributed by atoms with Gasteiger partial charge in [0.2, 0.25) is 0 Å². The number of rotatable bonds is 3. The van der Waals surface area contributed by atoms with Crippen LogP contribution in [0.4, 0.5) is 0 Å². The topological polar surface area (TPSA) is 64.0 Å². The van der Waals surface area contributed by atoms with Crippen molar-refractivity contribution in [1.29, 1.82) is 0 Å². The highest BCUT2D eigenvalue weighted by Crippen LogP contribution is 2.38. The fourth-order valence-corrected chi connectivity index (χ4v) is 7.19. The van der Waals surface area contributed by atoms with Gasteiger partial charge in [-0.25, -0.2) is 3.97 Å². The first-order valence-corrected chi connectivity index (χ1v) is 11.9. The van der Waals surface area contributed by atoms with Crippen LogP contribution in [0.2, 0.25) is 5.02 Å². The first kappa shape index (κ1) is 18.8. The van der Waals surface area contributed by atoms with Crippen LogP contribution in [-0.2, 0) is 10.0 Å². The number of hydrogen-bond acceptors (Lipinski definition) is 5. The Morgan fingerprint density at radius 1 is 1.28 bits per heavy atom. The highest BCUT2D eigenvalue weighted by Gasteiger charge is 2.27. The maximum absolute atomic E-state index is 13.7. The highest BCUT2D eigenvalue weighted by atomic mass is 35.5. The minimum absolute atomic E-state index is 0.335. The lowest BCUT2D eigenvalue weighted by Crippen LogP contribution is -2.20. The van der Waals surface area contributed by atoms with Crippen LogP contribution in [0.1, 0.15) is 17.5 Å². The summed E-state index contributed by atoms with van der Waals surface area (Å²) in [7, 11) is -3.78. The summed E-state index contributed by atoms with van der Waals surface area (Å²) in [5.74, 6) is 0. The fraction of sp³-hybridized carbons (Fsp3) is 0.190. The number of nitrogens with zero attached hydrogens (tertiary/aromatic N) is 2. The van der Waals surface area contributed by atoms with E-state index >= 15 is 0 Å². The first-order chi connectivity index (χ1) is 14.0. The van der Waals surface area contributed by atoms with Crippen molar-refractivity contribution in [3.8, 4) is 0 Å². The van der Waals surface area contributed by atoms with E-state index in [2.05, 4.69) is 16.4 Å². The number of nitrogens with one attached hydrogen (secondary N) is 1. The van der Waals surface area contributed by atoms with Gasteiger partial charge in [-0.05, 0) is 66.7 Å². The summed E-state index contributed by atoms with van der Waals surface area (Å²) in [4.78, 5) is 4.50. The molecule has 0 radical (unpaired) electrons. The Labute approximate surface area is 177 Å². The second-order valence-corrected chi connectivity index (χ2v) is 10.6. The van der Waals surface area contributed by atoms with Crippen LogP contribution in [0.15, 0.2) is 53.0 Å².